The van der Waals surface area contributed by atoms with Crippen LogP contribution in [0.2, 0.25) is 0 Å². The van der Waals surface area contributed by atoms with Crippen LogP contribution in [-0.2, 0) is 16.1 Å². The summed E-state index contributed by atoms with van der Waals surface area (Å²) in [6.07, 6.45) is 0. The molecular formula is C17H14N2O4S. The lowest BCUT2D eigenvalue weighted by Gasteiger charge is -2.07. The first kappa shape index (κ1) is 15.9. The number of fused-ring (bicyclic) bond motifs is 1. The maximum absolute atomic E-state index is 12.2. The fourth-order valence-corrected chi connectivity index (χ4v) is 2.88. The number of carbonyl (C=O) groups is 2. The number of carbonyl (C=O) groups excluding carboxylic acids is 2. The van der Waals surface area contributed by atoms with Crippen LogP contribution in [0.15, 0.2) is 52.6 Å². The van der Waals surface area contributed by atoms with E-state index in [2.05, 4.69) is 10.3 Å². The Kier molecular flexibility index (Phi) is 4.72. The third-order valence-electron chi connectivity index (χ3n) is 3.34. The standard InChI is InChI=1S/C17H14N2O4S/c20-15-8-13(12-5-1-2-6-14(12)19-15)17(22)23-10-16(21)18-9-11-4-3-7-24-11/h1-8H,9-10H2,(H,18,21)(H,19,20). The normalized spacial score (nSPS) is 10.5. The molecule has 3 rings (SSSR count). The van der Waals surface area contributed by atoms with Gasteiger partial charge >= 0.3 is 5.97 Å². The minimum atomic E-state index is -0.705. The summed E-state index contributed by atoms with van der Waals surface area (Å²) in [6.45, 7) is -0.00663. The highest BCUT2D eigenvalue weighted by molar-refractivity contribution is 7.09. The first-order valence-corrected chi connectivity index (χ1v) is 8.10. The van der Waals surface area contributed by atoms with E-state index in [4.69, 9.17) is 4.74 Å². The zero-order chi connectivity index (χ0) is 16.9. The number of amides is 1. The molecule has 122 valence electrons. The van der Waals surface area contributed by atoms with Crippen LogP contribution in [0.25, 0.3) is 10.9 Å². The number of aromatic amines is 1. The Bertz CT molecular complexity index is 931. The van der Waals surface area contributed by atoms with Crippen molar-refractivity contribution in [2.45, 2.75) is 6.54 Å². The van der Waals surface area contributed by atoms with E-state index in [1.807, 2.05) is 17.5 Å². The smallest absolute Gasteiger partial charge is 0.339 e. The summed E-state index contributed by atoms with van der Waals surface area (Å²) >= 11 is 1.53. The quantitative estimate of drug-likeness (QED) is 0.695. The minimum Gasteiger partial charge on any atom is -0.452 e. The van der Waals surface area contributed by atoms with Crippen molar-refractivity contribution >= 4 is 34.1 Å². The fraction of sp³-hybridized carbons (Fsp3) is 0.118. The first-order chi connectivity index (χ1) is 11.6. The predicted molar refractivity (Wildman–Crippen MR) is 91.0 cm³/mol. The van der Waals surface area contributed by atoms with Crippen molar-refractivity contribution in [3.63, 3.8) is 0 Å². The van der Waals surface area contributed by atoms with Crippen molar-refractivity contribution in [1.82, 2.24) is 10.3 Å². The van der Waals surface area contributed by atoms with E-state index >= 15 is 0 Å². The van der Waals surface area contributed by atoms with Crippen LogP contribution in [0.4, 0.5) is 0 Å². The van der Waals surface area contributed by atoms with Gasteiger partial charge < -0.3 is 15.0 Å². The van der Waals surface area contributed by atoms with Gasteiger partial charge in [-0.2, -0.15) is 0 Å². The minimum absolute atomic E-state index is 0.139. The Labute approximate surface area is 141 Å². The van der Waals surface area contributed by atoms with E-state index in [0.29, 0.717) is 17.4 Å². The molecule has 7 heteroatoms. The molecule has 0 aliphatic carbocycles. The van der Waals surface area contributed by atoms with Gasteiger partial charge in [0.2, 0.25) is 5.56 Å². The second kappa shape index (κ2) is 7.10. The molecule has 2 heterocycles. The molecule has 0 bridgehead atoms. The second-order valence-corrected chi connectivity index (χ2v) is 6.06. The van der Waals surface area contributed by atoms with Crippen LogP contribution in [0.3, 0.4) is 0 Å². The molecule has 0 aliphatic rings. The van der Waals surface area contributed by atoms with Gasteiger partial charge in [0.15, 0.2) is 6.61 Å². The lowest BCUT2D eigenvalue weighted by molar-refractivity contribution is -0.124. The molecule has 1 aromatic carbocycles. The SMILES string of the molecule is O=C(COC(=O)c1cc(=O)[nH]c2ccccc12)NCc1cccs1. The Morgan fingerprint density at radius 3 is 2.79 bits per heavy atom. The van der Waals surface area contributed by atoms with Crippen molar-refractivity contribution in [2.75, 3.05) is 6.61 Å². The number of nitrogens with one attached hydrogen (secondary N) is 2. The summed E-state index contributed by atoms with van der Waals surface area (Å²) in [4.78, 5) is 39.2. The zero-order valence-electron chi connectivity index (χ0n) is 12.6. The Morgan fingerprint density at radius 2 is 2.00 bits per heavy atom. The predicted octanol–water partition coefficient (Wildman–Crippen LogP) is 2.06. The third kappa shape index (κ3) is 3.69. The van der Waals surface area contributed by atoms with Crippen molar-refractivity contribution in [1.29, 1.82) is 0 Å². The molecule has 0 radical (unpaired) electrons. The van der Waals surface area contributed by atoms with Crippen LogP contribution in [-0.4, -0.2) is 23.5 Å². The number of rotatable bonds is 5. The Balaban J connectivity index is 1.65. The lowest BCUT2D eigenvalue weighted by atomic mass is 10.1. The van der Waals surface area contributed by atoms with Crippen molar-refractivity contribution in [2.24, 2.45) is 0 Å². The number of pyridine rings is 1. The first-order valence-electron chi connectivity index (χ1n) is 7.22. The summed E-state index contributed by atoms with van der Waals surface area (Å²) in [7, 11) is 0. The van der Waals surface area contributed by atoms with Gasteiger partial charge in [0, 0.05) is 21.8 Å². The average molecular weight is 342 g/mol. The molecule has 1 amide bonds. The molecule has 0 spiro atoms. The highest BCUT2D eigenvalue weighted by Crippen LogP contribution is 2.15. The van der Waals surface area contributed by atoms with Gasteiger partial charge in [-0.3, -0.25) is 9.59 Å². The monoisotopic (exact) mass is 342 g/mol. The number of H-pyrrole nitrogens is 1. The number of esters is 1. The van der Waals surface area contributed by atoms with Crippen molar-refractivity contribution in [3.8, 4) is 0 Å². The van der Waals surface area contributed by atoms with Gasteiger partial charge in [0.25, 0.3) is 5.91 Å². The number of aromatic nitrogens is 1. The van der Waals surface area contributed by atoms with Crippen molar-refractivity contribution < 1.29 is 14.3 Å². The largest absolute Gasteiger partial charge is 0.452 e. The molecule has 0 saturated heterocycles. The van der Waals surface area contributed by atoms with Gasteiger partial charge in [-0.1, -0.05) is 24.3 Å². The van der Waals surface area contributed by atoms with Crippen LogP contribution in [0.5, 0.6) is 0 Å². The maximum atomic E-state index is 12.2. The lowest BCUT2D eigenvalue weighted by Crippen LogP contribution is -2.28. The van der Waals surface area contributed by atoms with Crippen LogP contribution in [0, 0.1) is 0 Å². The third-order valence-corrected chi connectivity index (χ3v) is 4.22. The summed E-state index contributed by atoms with van der Waals surface area (Å²) in [5.74, 6) is -1.10. The van der Waals surface area contributed by atoms with E-state index in [1.165, 1.54) is 17.4 Å². The molecule has 3 aromatic rings. The highest BCUT2D eigenvalue weighted by Gasteiger charge is 2.14. The van der Waals surface area contributed by atoms with Crippen LogP contribution >= 0.6 is 11.3 Å². The van der Waals surface area contributed by atoms with E-state index in [1.54, 1.807) is 24.3 Å². The van der Waals surface area contributed by atoms with Gasteiger partial charge in [-0.15, -0.1) is 11.3 Å². The molecule has 0 saturated carbocycles. The van der Waals surface area contributed by atoms with E-state index in [-0.39, 0.29) is 5.56 Å². The topological polar surface area (TPSA) is 88.3 Å². The highest BCUT2D eigenvalue weighted by atomic mass is 32.1. The number of para-hydroxylation sites is 1. The molecular weight excluding hydrogens is 328 g/mol. The number of hydrogen-bond donors (Lipinski definition) is 2. The van der Waals surface area contributed by atoms with Crippen LogP contribution in [0.1, 0.15) is 15.2 Å². The molecule has 6 nitrogen and oxygen atoms in total. The molecule has 0 fully saturated rings. The second-order valence-electron chi connectivity index (χ2n) is 5.03. The maximum Gasteiger partial charge on any atom is 0.339 e. The number of ether oxygens (including phenoxy) is 1. The molecule has 0 unspecified atom stereocenters. The van der Waals surface area contributed by atoms with E-state index in [9.17, 15) is 14.4 Å². The van der Waals surface area contributed by atoms with Gasteiger partial charge in [0.05, 0.1) is 12.1 Å². The Morgan fingerprint density at radius 1 is 1.17 bits per heavy atom. The summed E-state index contributed by atoms with van der Waals surface area (Å²) in [5, 5.41) is 5.15. The van der Waals surface area contributed by atoms with E-state index < -0.39 is 24.0 Å². The molecule has 24 heavy (non-hydrogen) atoms. The molecule has 2 N–H and O–H groups in total. The van der Waals surface area contributed by atoms with E-state index in [0.717, 1.165) is 4.88 Å². The van der Waals surface area contributed by atoms with Crippen LogP contribution < -0.4 is 10.9 Å². The summed E-state index contributed by atoms with van der Waals surface area (Å²) < 4.78 is 5.02. The number of thiophene rings is 1. The average Bonchev–Trinajstić information content (AvgIpc) is 3.10. The van der Waals surface area contributed by atoms with Gasteiger partial charge in [-0.25, -0.2) is 4.79 Å². The fourth-order valence-electron chi connectivity index (χ4n) is 2.23. The summed E-state index contributed by atoms with van der Waals surface area (Å²) in [6, 6.07) is 11.9. The molecule has 0 atom stereocenters. The Hall–Kier alpha value is -2.93. The molecule has 2 aromatic heterocycles. The zero-order valence-corrected chi connectivity index (χ0v) is 13.4. The number of hydrogen-bond acceptors (Lipinski definition) is 5. The summed E-state index contributed by atoms with van der Waals surface area (Å²) in [5.41, 5.74) is 0.280. The van der Waals surface area contributed by atoms with Gasteiger partial charge in [0.1, 0.15) is 0 Å². The molecule has 0 aliphatic heterocycles. The van der Waals surface area contributed by atoms with Crippen molar-refractivity contribution in [3.05, 3.63) is 68.6 Å². The van der Waals surface area contributed by atoms with Gasteiger partial charge in [-0.05, 0) is 17.5 Å². The number of benzene rings is 1.